The summed E-state index contributed by atoms with van der Waals surface area (Å²) in [5, 5.41) is 4.81. The van der Waals surface area contributed by atoms with Crippen LogP contribution >= 0.6 is 23.2 Å². The number of benzene rings is 1. The van der Waals surface area contributed by atoms with Crippen LogP contribution in [0.3, 0.4) is 0 Å². The molecule has 1 aromatic heterocycles. The maximum atomic E-state index is 6.19. The van der Waals surface area contributed by atoms with Crippen molar-refractivity contribution in [3.05, 3.63) is 52.0 Å². The number of hydrogen-bond acceptors (Lipinski definition) is 2. The van der Waals surface area contributed by atoms with Gasteiger partial charge in [0, 0.05) is 41.6 Å². The van der Waals surface area contributed by atoms with Gasteiger partial charge in [0.2, 0.25) is 0 Å². The monoisotopic (exact) mass is 297 g/mol. The molecule has 1 aromatic carbocycles. The second kappa shape index (κ2) is 6.42. The lowest BCUT2D eigenvalue weighted by Gasteiger charge is -2.16. The van der Waals surface area contributed by atoms with Crippen LogP contribution in [0, 0.1) is 6.92 Å². The summed E-state index contributed by atoms with van der Waals surface area (Å²) in [4.78, 5) is 4.20. The summed E-state index contributed by atoms with van der Waals surface area (Å²) in [7, 11) is 0. The lowest BCUT2D eigenvalue weighted by atomic mass is 10.1. The van der Waals surface area contributed by atoms with Crippen molar-refractivity contribution in [3.63, 3.8) is 0 Å². The van der Waals surface area contributed by atoms with Gasteiger partial charge in [0.15, 0.2) is 0 Å². The van der Waals surface area contributed by atoms with E-state index in [2.05, 4.69) is 21.8 Å². The van der Waals surface area contributed by atoms with Crippen molar-refractivity contribution in [1.82, 2.24) is 14.9 Å². The predicted molar refractivity (Wildman–Crippen MR) is 79.8 cm³/mol. The summed E-state index contributed by atoms with van der Waals surface area (Å²) < 4.78 is 2.11. The van der Waals surface area contributed by atoms with E-state index in [9.17, 15) is 0 Å². The Balaban J connectivity index is 1.91. The van der Waals surface area contributed by atoms with Gasteiger partial charge in [-0.2, -0.15) is 0 Å². The highest BCUT2D eigenvalue weighted by atomic mass is 35.5. The first-order valence-electron chi connectivity index (χ1n) is 6.24. The molecule has 0 amide bonds. The predicted octanol–water partition coefficient (Wildman–Crippen LogP) is 3.85. The Labute approximate surface area is 123 Å². The van der Waals surface area contributed by atoms with E-state index in [1.54, 1.807) is 6.07 Å². The molecule has 0 radical (unpaired) electrons. The molecule has 5 heteroatoms. The average Bonchev–Trinajstić information content (AvgIpc) is 2.75. The number of hydrogen-bond donors (Lipinski definition) is 1. The lowest BCUT2D eigenvalue weighted by molar-refractivity contribution is 0.526. The first kappa shape index (κ1) is 14.4. The summed E-state index contributed by atoms with van der Waals surface area (Å²) in [6.07, 6.45) is 3.80. The van der Waals surface area contributed by atoms with Crippen molar-refractivity contribution < 1.29 is 0 Å². The van der Waals surface area contributed by atoms with Crippen LogP contribution in [0.5, 0.6) is 0 Å². The van der Waals surface area contributed by atoms with Crippen LogP contribution < -0.4 is 5.32 Å². The molecule has 2 rings (SSSR count). The molecule has 0 fully saturated rings. The van der Waals surface area contributed by atoms with Crippen LogP contribution in [0.2, 0.25) is 10.0 Å². The van der Waals surface area contributed by atoms with E-state index in [1.165, 1.54) is 0 Å². The highest BCUT2D eigenvalue weighted by Crippen LogP contribution is 2.25. The normalized spacial score (nSPS) is 12.6. The molecule has 1 heterocycles. The number of nitrogens with zero attached hydrogens (tertiary/aromatic N) is 2. The number of aromatic nitrogens is 2. The van der Waals surface area contributed by atoms with Gasteiger partial charge >= 0.3 is 0 Å². The molecule has 0 bridgehead atoms. The minimum atomic E-state index is 0.189. The first-order valence-corrected chi connectivity index (χ1v) is 6.99. The number of nitrogens with one attached hydrogen (secondary N) is 1. The zero-order valence-electron chi connectivity index (χ0n) is 11.0. The van der Waals surface area contributed by atoms with Gasteiger partial charge in [-0.05, 0) is 31.5 Å². The largest absolute Gasteiger partial charge is 0.334 e. The van der Waals surface area contributed by atoms with Crippen LogP contribution in [0.25, 0.3) is 0 Å². The van der Waals surface area contributed by atoms with E-state index >= 15 is 0 Å². The SMILES string of the molecule is Cc1nccn1CCNC(C)c1ccc(Cl)cc1Cl. The van der Waals surface area contributed by atoms with Crippen molar-refractivity contribution in [3.8, 4) is 0 Å². The van der Waals surface area contributed by atoms with Gasteiger partial charge < -0.3 is 9.88 Å². The number of rotatable bonds is 5. The highest BCUT2D eigenvalue weighted by molar-refractivity contribution is 6.35. The number of halogens is 2. The Hall–Kier alpha value is -1.03. The van der Waals surface area contributed by atoms with Crippen molar-refractivity contribution in [2.75, 3.05) is 6.54 Å². The van der Waals surface area contributed by atoms with Gasteiger partial charge in [0.05, 0.1) is 0 Å². The third-order valence-corrected chi connectivity index (χ3v) is 3.72. The second-order valence-corrected chi connectivity index (χ2v) is 5.35. The summed E-state index contributed by atoms with van der Waals surface area (Å²) in [6, 6.07) is 5.79. The fourth-order valence-electron chi connectivity index (χ4n) is 2.00. The van der Waals surface area contributed by atoms with Crippen LogP contribution in [0.15, 0.2) is 30.6 Å². The number of aryl methyl sites for hydroxylation is 1. The van der Waals surface area contributed by atoms with Crippen LogP contribution in [0.4, 0.5) is 0 Å². The lowest BCUT2D eigenvalue weighted by Crippen LogP contribution is -2.23. The van der Waals surface area contributed by atoms with Crippen LogP contribution in [-0.4, -0.2) is 16.1 Å². The fraction of sp³-hybridized carbons (Fsp3) is 0.357. The second-order valence-electron chi connectivity index (χ2n) is 4.51. The van der Waals surface area contributed by atoms with E-state index in [0.717, 1.165) is 24.5 Å². The number of imidazole rings is 1. The average molecular weight is 298 g/mol. The highest BCUT2D eigenvalue weighted by Gasteiger charge is 2.09. The summed E-state index contributed by atoms with van der Waals surface area (Å²) in [6.45, 7) is 5.84. The Morgan fingerprint density at radius 2 is 2.16 bits per heavy atom. The van der Waals surface area contributed by atoms with Crippen LogP contribution in [0.1, 0.15) is 24.4 Å². The molecule has 2 aromatic rings. The van der Waals surface area contributed by atoms with Crippen molar-refractivity contribution in [2.45, 2.75) is 26.4 Å². The summed E-state index contributed by atoms with van der Waals surface area (Å²) in [5.41, 5.74) is 1.06. The van der Waals surface area contributed by atoms with Gasteiger partial charge in [0.25, 0.3) is 0 Å². The molecular formula is C14H17Cl2N3. The first-order chi connectivity index (χ1) is 9.08. The molecule has 0 aliphatic heterocycles. The Bertz CT molecular complexity index is 551. The molecule has 0 aliphatic rings. The van der Waals surface area contributed by atoms with Gasteiger partial charge in [-0.1, -0.05) is 29.3 Å². The molecule has 19 heavy (non-hydrogen) atoms. The Morgan fingerprint density at radius 1 is 1.37 bits per heavy atom. The molecule has 1 unspecified atom stereocenters. The Kier molecular flexibility index (Phi) is 4.86. The quantitative estimate of drug-likeness (QED) is 0.908. The van der Waals surface area contributed by atoms with E-state index < -0.39 is 0 Å². The minimum Gasteiger partial charge on any atom is -0.334 e. The molecule has 0 saturated carbocycles. The third kappa shape index (κ3) is 3.72. The van der Waals surface area contributed by atoms with E-state index in [-0.39, 0.29) is 6.04 Å². The van der Waals surface area contributed by atoms with Gasteiger partial charge in [0.1, 0.15) is 5.82 Å². The molecule has 1 N–H and O–H groups in total. The van der Waals surface area contributed by atoms with Crippen LogP contribution in [-0.2, 0) is 6.54 Å². The molecule has 0 spiro atoms. The van der Waals surface area contributed by atoms with Crippen molar-refractivity contribution >= 4 is 23.2 Å². The summed E-state index contributed by atoms with van der Waals surface area (Å²) >= 11 is 12.1. The molecule has 102 valence electrons. The zero-order chi connectivity index (χ0) is 13.8. The fourth-order valence-corrected chi connectivity index (χ4v) is 2.58. The summed E-state index contributed by atoms with van der Waals surface area (Å²) in [5.74, 6) is 1.03. The van der Waals surface area contributed by atoms with Gasteiger partial charge in [-0.15, -0.1) is 0 Å². The minimum absolute atomic E-state index is 0.189. The standard InChI is InChI=1S/C14H17Cl2N3/c1-10(13-4-3-12(15)9-14(13)16)17-5-7-19-8-6-18-11(19)2/h3-4,6,8-10,17H,5,7H2,1-2H3. The van der Waals surface area contributed by atoms with Crippen molar-refractivity contribution in [2.24, 2.45) is 0 Å². The molecule has 0 saturated heterocycles. The molecule has 3 nitrogen and oxygen atoms in total. The smallest absolute Gasteiger partial charge is 0.105 e. The van der Waals surface area contributed by atoms with E-state index in [1.807, 2.05) is 31.5 Å². The topological polar surface area (TPSA) is 29.9 Å². The van der Waals surface area contributed by atoms with Crippen molar-refractivity contribution in [1.29, 1.82) is 0 Å². The molecule has 1 atom stereocenters. The third-order valence-electron chi connectivity index (χ3n) is 3.16. The Morgan fingerprint density at radius 3 is 2.79 bits per heavy atom. The van der Waals surface area contributed by atoms with Gasteiger partial charge in [-0.3, -0.25) is 0 Å². The van der Waals surface area contributed by atoms with Gasteiger partial charge in [-0.25, -0.2) is 4.98 Å². The molecular weight excluding hydrogens is 281 g/mol. The maximum absolute atomic E-state index is 6.19. The zero-order valence-corrected chi connectivity index (χ0v) is 12.5. The van der Waals surface area contributed by atoms with E-state index in [4.69, 9.17) is 23.2 Å². The maximum Gasteiger partial charge on any atom is 0.105 e. The molecule has 0 aliphatic carbocycles. The van der Waals surface area contributed by atoms with E-state index in [0.29, 0.717) is 10.0 Å².